The van der Waals surface area contributed by atoms with E-state index in [0.717, 1.165) is 28.1 Å². The number of benzene rings is 2. The van der Waals surface area contributed by atoms with Crippen molar-refractivity contribution in [3.05, 3.63) is 79.1 Å². The molecule has 0 aliphatic carbocycles. The number of fused-ring (bicyclic) bond motifs is 1. The molecule has 2 heterocycles. The largest absolute Gasteiger partial charge is 0.314 e. The molecule has 0 unspecified atom stereocenters. The fraction of sp³-hybridized carbons (Fsp3) is 0. The zero-order chi connectivity index (χ0) is 14.1. The summed E-state index contributed by atoms with van der Waals surface area (Å²) in [6.45, 7) is 0. The molecule has 4 aromatic rings. The molecule has 2 aromatic heterocycles. The number of nitrogens with zero attached hydrogens (tertiary/aromatic N) is 3. The van der Waals surface area contributed by atoms with Crippen LogP contribution in [0.25, 0.3) is 28.1 Å². The summed E-state index contributed by atoms with van der Waals surface area (Å²) in [6, 6.07) is 22.3. The van der Waals surface area contributed by atoms with Gasteiger partial charge in [0, 0.05) is 23.5 Å². The number of aromatic nitrogens is 3. The maximum Gasteiger partial charge on any atom is 0.177 e. The van der Waals surface area contributed by atoms with E-state index < -0.39 is 0 Å². The van der Waals surface area contributed by atoms with Crippen LogP contribution < -0.4 is 0 Å². The van der Waals surface area contributed by atoms with Gasteiger partial charge >= 0.3 is 0 Å². The van der Waals surface area contributed by atoms with Crippen LogP contribution in [0.2, 0.25) is 0 Å². The Morgan fingerprint density at radius 1 is 0.762 bits per heavy atom. The first kappa shape index (κ1) is 11.9. The van der Waals surface area contributed by atoms with Crippen molar-refractivity contribution < 1.29 is 0 Å². The SMILES string of the molecule is c1ccc(-n2cccc2-c2ncc3ccccc3n2)cc1. The van der Waals surface area contributed by atoms with Crippen LogP contribution in [0.15, 0.2) is 79.1 Å². The molecule has 0 atom stereocenters. The fourth-order valence-electron chi connectivity index (χ4n) is 2.47. The quantitative estimate of drug-likeness (QED) is 0.550. The Bertz CT molecular complexity index is 894. The highest BCUT2D eigenvalue weighted by Crippen LogP contribution is 2.22. The maximum atomic E-state index is 4.67. The molecule has 3 nitrogen and oxygen atoms in total. The van der Waals surface area contributed by atoms with Crippen molar-refractivity contribution in [2.75, 3.05) is 0 Å². The van der Waals surface area contributed by atoms with Gasteiger partial charge in [0.05, 0.1) is 11.2 Å². The summed E-state index contributed by atoms with van der Waals surface area (Å²) in [7, 11) is 0. The number of rotatable bonds is 2. The molecule has 0 saturated heterocycles. The van der Waals surface area contributed by atoms with Crippen LogP contribution in [0.3, 0.4) is 0 Å². The highest BCUT2D eigenvalue weighted by molar-refractivity contribution is 5.79. The van der Waals surface area contributed by atoms with Crippen molar-refractivity contribution in [1.82, 2.24) is 14.5 Å². The molecular formula is C18H13N3. The van der Waals surface area contributed by atoms with Crippen LogP contribution in [0.5, 0.6) is 0 Å². The molecule has 0 fully saturated rings. The van der Waals surface area contributed by atoms with E-state index in [1.54, 1.807) is 0 Å². The summed E-state index contributed by atoms with van der Waals surface area (Å²) in [4.78, 5) is 9.18. The van der Waals surface area contributed by atoms with E-state index in [0.29, 0.717) is 0 Å². The van der Waals surface area contributed by atoms with Crippen LogP contribution in [0, 0.1) is 0 Å². The van der Waals surface area contributed by atoms with Gasteiger partial charge in [0.2, 0.25) is 0 Å². The first-order chi connectivity index (χ1) is 10.4. The molecule has 100 valence electrons. The van der Waals surface area contributed by atoms with Crippen molar-refractivity contribution in [2.24, 2.45) is 0 Å². The zero-order valence-electron chi connectivity index (χ0n) is 11.3. The van der Waals surface area contributed by atoms with Crippen LogP contribution in [0.4, 0.5) is 0 Å². The minimum Gasteiger partial charge on any atom is -0.314 e. The first-order valence-corrected chi connectivity index (χ1v) is 6.87. The lowest BCUT2D eigenvalue weighted by Crippen LogP contribution is -1.98. The van der Waals surface area contributed by atoms with Crippen molar-refractivity contribution >= 4 is 10.9 Å². The number of para-hydroxylation sites is 2. The summed E-state index contributed by atoms with van der Waals surface area (Å²) < 4.78 is 2.10. The van der Waals surface area contributed by atoms with E-state index in [4.69, 9.17) is 0 Å². The molecule has 0 aliphatic rings. The molecule has 0 N–H and O–H groups in total. The molecule has 21 heavy (non-hydrogen) atoms. The second-order valence-electron chi connectivity index (χ2n) is 4.85. The Balaban J connectivity index is 1.88. The first-order valence-electron chi connectivity index (χ1n) is 6.87. The molecule has 3 heteroatoms. The van der Waals surface area contributed by atoms with Gasteiger partial charge in [-0.1, -0.05) is 36.4 Å². The lowest BCUT2D eigenvalue weighted by atomic mass is 10.2. The molecule has 0 saturated carbocycles. The zero-order valence-corrected chi connectivity index (χ0v) is 11.3. The second-order valence-corrected chi connectivity index (χ2v) is 4.85. The smallest absolute Gasteiger partial charge is 0.177 e. The van der Waals surface area contributed by atoms with Crippen molar-refractivity contribution in [2.45, 2.75) is 0 Å². The fourth-order valence-corrected chi connectivity index (χ4v) is 2.47. The van der Waals surface area contributed by atoms with E-state index in [9.17, 15) is 0 Å². The molecule has 0 spiro atoms. The van der Waals surface area contributed by atoms with Crippen LogP contribution in [-0.4, -0.2) is 14.5 Å². The van der Waals surface area contributed by atoms with Crippen LogP contribution >= 0.6 is 0 Å². The Morgan fingerprint density at radius 2 is 1.57 bits per heavy atom. The average Bonchev–Trinajstić information content (AvgIpc) is 3.05. The van der Waals surface area contributed by atoms with Gasteiger partial charge < -0.3 is 4.57 Å². The van der Waals surface area contributed by atoms with Gasteiger partial charge in [0.15, 0.2) is 5.82 Å². The van der Waals surface area contributed by atoms with Crippen LogP contribution in [0.1, 0.15) is 0 Å². The molecule has 2 aromatic carbocycles. The van der Waals surface area contributed by atoms with Crippen molar-refractivity contribution in [3.8, 4) is 17.2 Å². The Morgan fingerprint density at radius 3 is 2.48 bits per heavy atom. The molecule has 0 aliphatic heterocycles. The second kappa shape index (κ2) is 4.87. The summed E-state index contributed by atoms with van der Waals surface area (Å²) >= 11 is 0. The Labute approximate surface area is 122 Å². The van der Waals surface area contributed by atoms with E-state index >= 15 is 0 Å². The monoisotopic (exact) mass is 271 g/mol. The predicted octanol–water partition coefficient (Wildman–Crippen LogP) is 4.09. The Kier molecular flexibility index (Phi) is 2.75. The van der Waals surface area contributed by atoms with Gasteiger partial charge in [-0.2, -0.15) is 0 Å². The predicted molar refractivity (Wildman–Crippen MR) is 84.3 cm³/mol. The van der Waals surface area contributed by atoms with Crippen LogP contribution in [-0.2, 0) is 0 Å². The topological polar surface area (TPSA) is 30.7 Å². The third kappa shape index (κ3) is 2.09. The summed E-state index contributed by atoms with van der Waals surface area (Å²) in [5.41, 5.74) is 3.06. The standard InChI is InChI=1S/C18H13N3/c1-2-8-15(9-3-1)21-12-6-11-17(21)18-19-13-14-7-4-5-10-16(14)20-18/h1-13H. The summed E-state index contributed by atoms with van der Waals surface area (Å²) in [6.07, 6.45) is 3.91. The van der Waals surface area contributed by atoms with Gasteiger partial charge in [0.25, 0.3) is 0 Å². The lowest BCUT2D eigenvalue weighted by molar-refractivity contribution is 1.05. The van der Waals surface area contributed by atoms with E-state index in [2.05, 4.69) is 26.7 Å². The van der Waals surface area contributed by atoms with Gasteiger partial charge in [0.1, 0.15) is 0 Å². The molecule has 0 radical (unpaired) electrons. The summed E-state index contributed by atoms with van der Waals surface area (Å²) in [5, 5.41) is 1.05. The minimum atomic E-state index is 0.738. The average molecular weight is 271 g/mol. The molecular weight excluding hydrogens is 258 g/mol. The lowest BCUT2D eigenvalue weighted by Gasteiger charge is -2.08. The van der Waals surface area contributed by atoms with E-state index in [1.807, 2.05) is 67.0 Å². The van der Waals surface area contributed by atoms with Gasteiger partial charge in [-0.3, -0.25) is 0 Å². The maximum absolute atomic E-state index is 4.67. The summed E-state index contributed by atoms with van der Waals surface area (Å²) in [5.74, 6) is 0.738. The Hall–Kier alpha value is -2.94. The van der Waals surface area contributed by atoms with Gasteiger partial charge in [-0.15, -0.1) is 0 Å². The normalized spacial score (nSPS) is 10.9. The third-order valence-corrected chi connectivity index (χ3v) is 3.50. The third-order valence-electron chi connectivity index (χ3n) is 3.50. The minimum absolute atomic E-state index is 0.738. The van der Waals surface area contributed by atoms with E-state index in [-0.39, 0.29) is 0 Å². The van der Waals surface area contributed by atoms with E-state index in [1.165, 1.54) is 0 Å². The van der Waals surface area contributed by atoms with Gasteiger partial charge in [-0.25, -0.2) is 9.97 Å². The van der Waals surface area contributed by atoms with Crippen molar-refractivity contribution in [3.63, 3.8) is 0 Å². The highest BCUT2D eigenvalue weighted by atomic mass is 15.0. The van der Waals surface area contributed by atoms with Crippen molar-refractivity contribution in [1.29, 1.82) is 0 Å². The number of hydrogen-bond acceptors (Lipinski definition) is 2. The number of hydrogen-bond donors (Lipinski definition) is 0. The molecule has 4 rings (SSSR count). The molecule has 0 bridgehead atoms. The van der Waals surface area contributed by atoms with Gasteiger partial charge in [-0.05, 0) is 30.3 Å². The molecule has 0 amide bonds. The highest BCUT2D eigenvalue weighted by Gasteiger charge is 2.09.